The molecular formula is C7H7NWY. The van der Waals surface area contributed by atoms with Crippen LogP contribution in [0.3, 0.4) is 0 Å². The second-order valence-corrected chi connectivity index (χ2v) is 5.36. The summed E-state index contributed by atoms with van der Waals surface area (Å²) in [6.45, 7) is 2.14. The van der Waals surface area contributed by atoms with Crippen molar-refractivity contribution < 1.29 is 50.8 Å². The molecule has 2 N–H and O–H groups in total. The van der Waals surface area contributed by atoms with Gasteiger partial charge in [-0.15, -0.1) is 0 Å². The Balaban J connectivity index is 3.28. The Hall–Kier alpha value is 0.812. The summed E-state index contributed by atoms with van der Waals surface area (Å²) in [5.74, 6) is 0. The van der Waals surface area contributed by atoms with E-state index in [2.05, 4.69) is 19.1 Å². The van der Waals surface area contributed by atoms with Crippen molar-refractivity contribution in [2.24, 2.45) is 0 Å². The summed E-state index contributed by atoms with van der Waals surface area (Å²) in [6, 6.07) is 4.28. The van der Waals surface area contributed by atoms with Crippen LogP contribution >= 0.6 is 0 Å². The number of aryl methyl sites for hydroxylation is 1. The number of anilines is 1. The van der Waals surface area contributed by atoms with Crippen molar-refractivity contribution in [3.8, 4) is 0 Å². The van der Waals surface area contributed by atoms with Crippen LogP contribution in [-0.4, -0.2) is 0 Å². The average molecular weight is 378 g/mol. The van der Waals surface area contributed by atoms with Crippen LogP contribution in [0.5, 0.6) is 0 Å². The standard InChI is InChI=1S/C7H7N.W.Y/c1-6-2-4-7(8)5-3-6;;/h2,5H,8H2,1H3;;. The third-order valence-corrected chi connectivity index (χ3v) is 4.20. The molecule has 0 aliphatic carbocycles. The van der Waals surface area contributed by atoms with Gasteiger partial charge in [0.2, 0.25) is 0 Å². The molecule has 0 aromatic heterocycles. The third kappa shape index (κ3) is 1.90. The summed E-state index contributed by atoms with van der Waals surface area (Å²) in [5, 5.41) is 0. The molecule has 0 saturated heterocycles. The minimum atomic E-state index is 0.961. The van der Waals surface area contributed by atoms with Crippen molar-refractivity contribution >= 4 is 12.0 Å². The molecule has 0 unspecified atom stereocenters. The number of hydrogen-bond acceptors (Lipinski definition) is 1. The summed E-state index contributed by atoms with van der Waals surface area (Å²) >= 11 is 2.62. The zero-order valence-electron chi connectivity index (χ0n) is 5.72. The molecule has 0 bridgehead atoms. The molecule has 1 rings (SSSR count). The van der Waals surface area contributed by atoms with Crippen LogP contribution in [0.2, 0.25) is 0 Å². The number of rotatable bonds is 0. The summed E-state index contributed by atoms with van der Waals surface area (Å²) in [7, 11) is 0. The van der Waals surface area contributed by atoms with Crippen molar-refractivity contribution in [2.75, 3.05) is 5.73 Å². The Morgan fingerprint density at radius 2 is 2.10 bits per heavy atom. The van der Waals surface area contributed by atoms with E-state index < -0.39 is 0 Å². The fraction of sp³-hybridized carbons (Fsp3) is 0.143. The monoisotopic (exact) mass is 378 g/mol. The van der Waals surface area contributed by atoms with Gasteiger partial charge in [-0.3, -0.25) is 0 Å². The third-order valence-electron chi connectivity index (χ3n) is 1.40. The summed E-state index contributed by atoms with van der Waals surface area (Å²) in [4.78, 5) is 0. The van der Waals surface area contributed by atoms with Gasteiger partial charge in [-0.25, -0.2) is 0 Å². The van der Waals surface area contributed by atoms with Gasteiger partial charge in [0, 0.05) is 0 Å². The van der Waals surface area contributed by atoms with E-state index in [0.717, 1.165) is 36.6 Å². The van der Waals surface area contributed by atoms with Crippen LogP contribution in [0.25, 0.3) is 0 Å². The van der Waals surface area contributed by atoms with Crippen LogP contribution in [0.1, 0.15) is 5.56 Å². The van der Waals surface area contributed by atoms with Crippen LogP contribution in [0, 0.1) is 6.92 Å². The van der Waals surface area contributed by atoms with E-state index in [9.17, 15) is 0 Å². The SMILES string of the molecule is Cc1c[c]([W])c(N)c[c]1[Y]. The maximum atomic E-state index is 5.73. The molecule has 0 spiro atoms. The van der Waals surface area contributed by atoms with E-state index in [1.807, 2.05) is 0 Å². The van der Waals surface area contributed by atoms with Crippen LogP contribution in [-0.2, 0) is 50.8 Å². The topological polar surface area (TPSA) is 26.0 Å². The zero-order chi connectivity index (χ0) is 7.72. The minimum absolute atomic E-state index is 0.961. The second-order valence-electron chi connectivity index (χ2n) is 2.25. The molecular weight excluding hydrogens is 371 g/mol. The van der Waals surface area contributed by atoms with Gasteiger partial charge in [0.15, 0.2) is 0 Å². The molecule has 0 saturated carbocycles. The summed E-state index contributed by atoms with van der Waals surface area (Å²) in [5.41, 5.74) is 8.08. The number of nitrogens with two attached hydrogens (primary N) is 1. The first kappa shape index (κ1) is 8.90. The molecule has 0 aliphatic rings. The first-order valence-corrected chi connectivity index (χ1v) is 5.82. The Morgan fingerprint density at radius 1 is 1.50 bits per heavy atom. The number of benzene rings is 1. The Morgan fingerprint density at radius 3 is 2.60 bits per heavy atom. The Kier molecular flexibility index (Phi) is 3.09. The van der Waals surface area contributed by atoms with Crippen molar-refractivity contribution in [1.29, 1.82) is 0 Å². The molecule has 3 heteroatoms. The van der Waals surface area contributed by atoms with E-state index >= 15 is 0 Å². The molecule has 0 aliphatic heterocycles. The fourth-order valence-electron chi connectivity index (χ4n) is 0.716. The van der Waals surface area contributed by atoms with Crippen molar-refractivity contribution in [1.82, 2.24) is 0 Å². The summed E-state index contributed by atoms with van der Waals surface area (Å²) in [6.07, 6.45) is 0. The maximum absolute atomic E-state index is 5.73. The number of hydrogen-bond donors (Lipinski definition) is 1. The quantitative estimate of drug-likeness (QED) is 0.629. The Bertz CT molecular complexity index is 210. The first-order valence-electron chi connectivity index (χ1n) is 2.94. The molecule has 0 amide bonds. The molecule has 0 radical (unpaired) electrons. The molecule has 49 valence electrons. The van der Waals surface area contributed by atoms with E-state index in [-0.39, 0.29) is 0 Å². The van der Waals surface area contributed by atoms with Gasteiger partial charge in [-0.1, -0.05) is 0 Å². The van der Waals surface area contributed by atoms with Crippen LogP contribution in [0.15, 0.2) is 12.1 Å². The van der Waals surface area contributed by atoms with Crippen LogP contribution in [0.4, 0.5) is 5.69 Å². The van der Waals surface area contributed by atoms with Crippen molar-refractivity contribution in [2.45, 2.75) is 6.92 Å². The van der Waals surface area contributed by atoms with Gasteiger partial charge < -0.3 is 0 Å². The molecule has 10 heavy (non-hydrogen) atoms. The zero-order valence-corrected chi connectivity index (χ0v) is 11.5. The van der Waals surface area contributed by atoms with Gasteiger partial charge >= 0.3 is 93.1 Å². The molecule has 1 aromatic carbocycles. The van der Waals surface area contributed by atoms with E-state index in [4.69, 9.17) is 5.73 Å². The fourth-order valence-corrected chi connectivity index (χ4v) is 2.21. The van der Waals surface area contributed by atoms with E-state index in [0.29, 0.717) is 0 Å². The van der Waals surface area contributed by atoms with Crippen LogP contribution < -0.4 is 12.1 Å². The van der Waals surface area contributed by atoms with Crippen molar-refractivity contribution in [3.63, 3.8) is 0 Å². The van der Waals surface area contributed by atoms with Gasteiger partial charge in [-0.2, -0.15) is 0 Å². The van der Waals surface area contributed by atoms with Gasteiger partial charge in [-0.05, 0) is 0 Å². The first-order chi connectivity index (χ1) is 4.61. The predicted molar refractivity (Wildman–Crippen MR) is 34.9 cm³/mol. The predicted octanol–water partition coefficient (Wildman–Crippen LogP) is -0.0786. The normalized spacial score (nSPS) is 9.60. The van der Waals surface area contributed by atoms with Gasteiger partial charge in [0.1, 0.15) is 0 Å². The van der Waals surface area contributed by atoms with Gasteiger partial charge in [0.25, 0.3) is 0 Å². The molecule has 1 aromatic rings. The van der Waals surface area contributed by atoms with E-state index in [1.165, 1.54) is 31.7 Å². The van der Waals surface area contributed by atoms with E-state index in [1.54, 1.807) is 0 Å². The molecule has 0 atom stereocenters. The van der Waals surface area contributed by atoms with Crippen molar-refractivity contribution in [3.05, 3.63) is 17.7 Å². The average Bonchev–Trinajstić information content (AvgIpc) is 1.84. The molecule has 1 nitrogen and oxygen atoms in total. The Labute approximate surface area is 92.1 Å². The molecule has 0 heterocycles. The molecule has 0 fully saturated rings. The number of nitrogen functional groups attached to an aromatic ring is 1. The second kappa shape index (κ2) is 3.47. The summed E-state index contributed by atoms with van der Waals surface area (Å²) < 4.78 is 2.68. The van der Waals surface area contributed by atoms with Gasteiger partial charge in [0.05, 0.1) is 0 Å².